The second-order valence-electron chi connectivity index (χ2n) is 4.97. The monoisotopic (exact) mass is 222 g/mol. The van der Waals surface area contributed by atoms with Gasteiger partial charge in [0.25, 0.3) is 0 Å². The van der Waals surface area contributed by atoms with E-state index in [4.69, 9.17) is 5.26 Å². The highest BCUT2D eigenvalue weighted by molar-refractivity contribution is 5.83. The Morgan fingerprint density at radius 1 is 1.50 bits per heavy atom. The molecule has 0 aromatic rings. The second kappa shape index (κ2) is 5.34. The van der Waals surface area contributed by atoms with Crippen LogP contribution in [0.15, 0.2) is 0 Å². The molecule has 1 aliphatic rings. The summed E-state index contributed by atoms with van der Waals surface area (Å²) in [5.41, 5.74) is -0.127. The van der Waals surface area contributed by atoms with Gasteiger partial charge in [0.1, 0.15) is 0 Å². The third kappa shape index (κ3) is 2.37. The van der Waals surface area contributed by atoms with Gasteiger partial charge in [-0.05, 0) is 26.2 Å². The first-order valence-corrected chi connectivity index (χ1v) is 6.21. The lowest BCUT2D eigenvalue weighted by Gasteiger charge is -2.34. The summed E-state index contributed by atoms with van der Waals surface area (Å²) in [6.45, 7) is 4.05. The Hall–Kier alpha value is -1.04. The molecule has 1 saturated carbocycles. The lowest BCUT2D eigenvalue weighted by Crippen LogP contribution is -2.44. The van der Waals surface area contributed by atoms with Gasteiger partial charge in [-0.3, -0.25) is 4.79 Å². The summed E-state index contributed by atoms with van der Waals surface area (Å²) >= 11 is 0. The number of nitrogens with zero attached hydrogens (tertiary/aromatic N) is 2. The van der Waals surface area contributed by atoms with Crippen molar-refractivity contribution in [3.05, 3.63) is 0 Å². The Labute approximate surface area is 98.4 Å². The number of nitriles is 1. The maximum Gasteiger partial charge on any atom is 0.228 e. The number of hydrogen-bond acceptors (Lipinski definition) is 2. The maximum atomic E-state index is 12.4. The van der Waals surface area contributed by atoms with E-state index in [0.717, 1.165) is 19.3 Å². The number of amides is 1. The van der Waals surface area contributed by atoms with Crippen LogP contribution in [0.1, 0.15) is 52.4 Å². The van der Waals surface area contributed by atoms with Gasteiger partial charge in [-0.1, -0.05) is 19.8 Å². The molecule has 0 heterocycles. The van der Waals surface area contributed by atoms with Crippen molar-refractivity contribution in [2.45, 2.75) is 58.4 Å². The number of carbonyl (C=O) groups is 1. The number of carbonyl (C=O) groups excluding carboxylic acids is 1. The summed E-state index contributed by atoms with van der Waals surface area (Å²) in [5.74, 6) is 0.246. The second-order valence-corrected chi connectivity index (χ2v) is 4.97. The van der Waals surface area contributed by atoms with E-state index in [1.54, 1.807) is 4.90 Å². The molecule has 0 aromatic heterocycles. The van der Waals surface area contributed by atoms with Gasteiger partial charge in [0.15, 0.2) is 0 Å². The van der Waals surface area contributed by atoms with Crippen LogP contribution in [0, 0.1) is 16.7 Å². The van der Waals surface area contributed by atoms with E-state index in [2.05, 4.69) is 13.0 Å². The quantitative estimate of drug-likeness (QED) is 0.734. The van der Waals surface area contributed by atoms with Crippen molar-refractivity contribution in [2.24, 2.45) is 5.41 Å². The van der Waals surface area contributed by atoms with Crippen molar-refractivity contribution in [3.8, 4) is 6.07 Å². The molecule has 16 heavy (non-hydrogen) atoms. The standard InChI is InChI=1S/C13H22N2O/c1-4-13(8-5-6-9-13)12(16)15(3)11(2)7-10-14/h11H,4-9H2,1-3H3. The lowest BCUT2D eigenvalue weighted by molar-refractivity contribution is -0.142. The largest absolute Gasteiger partial charge is 0.342 e. The highest BCUT2D eigenvalue weighted by Crippen LogP contribution is 2.42. The minimum Gasteiger partial charge on any atom is -0.342 e. The van der Waals surface area contributed by atoms with Crippen LogP contribution in [0.5, 0.6) is 0 Å². The molecule has 1 aliphatic carbocycles. The Kier molecular flexibility index (Phi) is 4.35. The highest BCUT2D eigenvalue weighted by Gasteiger charge is 2.41. The average Bonchev–Trinajstić information content (AvgIpc) is 2.77. The SMILES string of the molecule is CCC1(C(=O)N(C)C(C)CC#N)CCCC1. The fourth-order valence-corrected chi connectivity index (χ4v) is 2.61. The topological polar surface area (TPSA) is 44.1 Å². The van der Waals surface area contributed by atoms with Gasteiger partial charge in [0.2, 0.25) is 5.91 Å². The normalized spacial score (nSPS) is 20.1. The summed E-state index contributed by atoms with van der Waals surface area (Å²) in [6.07, 6.45) is 5.72. The van der Waals surface area contributed by atoms with Crippen molar-refractivity contribution in [2.75, 3.05) is 7.05 Å². The van der Waals surface area contributed by atoms with E-state index < -0.39 is 0 Å². The molecule has 0 spiro atoms. The summed E-state index contributed by atoms with van der Waals surface area (Å²) in [7, 11) is 1.83. The molecule has 0 radical (unpaired) electrons. The summed E-state index contributed by atoms with van der Waals surface area (Å²) in [5, 5.41) is 8.67. The van der Waals surface area contributed by atoms with E-state index in [1.165, 1.54) is 12.8 Å². The summed E-state index contributed by atoms with van der Waals surface area (Å²) < 4.78 is 0. The smallest absolute Gasteiger partial charge is 0.228 e. The Morgan fingerprint density at radius 3 is 2.50 bits per heavy atom. The van der Waals surface area contributed by atoms with Gasteiger partial charge < -0.3 is 4.90 Å². The van der Waals surface area contributed by atoms with Crippen molar-refractivity contribution in [1.82, 2.24) is 4.90 Å². The van der Waals surface area contributed by atoms with Crippen LogP contribution in [-0.2, 0) is 4.79 Å². The van der Waals surface area contributed by atoms with E-state index >= 15 is 0 Å². The summed E-state index contributed by atoms with van der Waals surface area (Å²) in [6, 6.07) is 2.16. The van der Waals surface area contributed by atoms with Gasteiger partial charge in [0, 0.05) is 18.5 Å². The zero-order valence-corrected chi connectivity index (χ0v) is 10.6. The first kappa shape index (κ1) is 13.0. The maximum absolute atomic E-state index is 12.4. The van der Waals surface area contributed by atoms with E-state index in [1.807, 2.05) is 14.0 Å². The molecule has 3 nitrogen and oxygen atoms in total. The fraction of sp³-hybridized carbons (Fsp3) is 0.846. The molecule has 0 bridgehead atoms. The fourth-order valence-electron chi connectivity index (χ4n) is 2.61. The molecule has 1 unspecified atom stereocenters. The van der Waals surface area contributed by atoms with Crippen molar-refractivity contribution in [3.63, 3.8) is 0 Å². The number of hydrogen-bond donors (Lipinski definition) is 0. The molecule has 3 heteroatoms. The van der Waals surface area contributed by atoms with Crippen LogP contribution in [0.25, 0.3) is 0 Å². The number of rotatable bonds is 4. The molecule has 90 valence electrons. The zero-order chi connectivity index (χ0) is 12.2. The Balaban J connectivity index is 2.72. The molecule has 0 N–H and O–H groups in total. The molecule has 0 aliphatic heterocycles. The van der Waals surface area contributed by atoms with Gasteiger partial charge in [-0.25, -0.2) is 0 Å². The predicted molar refractivity (Wildman–Crippen MR) is 63.7 cm³/mol. The van der Waals surface area contributed by atoms with Gasteiger partial charge >= 0.3 is 0 Å². The Bertz CT molecular complexity index is 287. The molecular formula is C13H22N2O. The molecule has 0 aromatic carbocycles. The predicted octanol–water partition coefficient (Wildman–Crippen LogP) is 2.72. The molecule has 1 rings (SSSR count). The van der Waals surface area contributed by atoms with Crippen LogP contribution in [0.2, 0.25) is 0 Å². The minimum atomic E-state index is -0.127. The molecule has 1 atom stereocenters. The van der Waals surface area contributed by atoms with Gasteiger partial charge in [0.05, 0.1) is 12.5 Å². The van der Waals surface area contributed by atoms with Gasteiger partial charge in [-0.2, -0.15) is 5.26 Å². The van der Waals surface area contributed by atoms with Crippen LogP contribution in [0.4, 0.5) is 0 Å². The molecular weight excluding hydrogens is 200 g/mol. The highest BCUT2D eigenvalue weighted by atomic mass is 16.2. The summed E-state index contributed by atoms with van der Waals surface area (Å²) in [4.78, 5) is 14.2. The van der Waals surface area contributed by atoms with Crippen LogP contribution in [0.3, 0.4) is 0 Å². The minimum absolute atomic E-state index is 0.0292. The molecule has 1 amide bonds. The van der Waals surface area contributed by atoms with E-state index in [0.29, 0.717) is 6.42 Å². The third-order valence-electron chi connectivity index (χ3n) is 4.06. The molecule has 0 saturated heterocycles. The molecule has 1 fully saturated rings. The van der Waals surface area contributed by atoms with Crippen LogP contribution in [-0.4, -0.2) is 23.9 Å². The third-order valence-corrected chi connectivity index (χ3v) is 4.06. The van der Waals surface area contributed by atoms with Crippen molar-refractivity contribution < 1.29 is 4.79 Å². The van der Waals surface area contributed by atoms with Crippen molar-refractivity contribution in [1.29, 1.82) is 5.26 Å². The van der Waals surface area contributed by atoms with E-state index in [-0.39, 0.29) is 17.4 Å². The van der Waals surface area contributed by atoms with E-state index in [9.17, 15) is 4.79 Å². The first-order valence-electron chi connectivity index (χ1n) is 6.21. The lowest BCUT2D eigenvalue weighted by atomic mass is 9.81. The van der Waals surface area contributed by atoms with Crippen molar-refractivity contribution >= 4 is 5.91 Å². The zero-order valence-electron chi connectivity index (χ0n) is 10.6. The average molecular weight is 222 g/mol. The van der Waals surface area contributed by atoms with Crippen LogP contribution < -0.4 is 0 Å². The Morgan fingerprint density at radius 2 is 2.06 bits per heavy atom. The van der Waals surface area contributed by atoms with Gasteiger partial charge in [-0.15, -0.1) is 0 Å². The van der Waals surface area contributed by atoms with Crippen LogP contribution >= 0.6 is 0 Å². The first-order chi connectivity index (χ1) is 7.57.